The molecule has 5 heteroatoms. The van der Waals surface area contributed by atoms with Crippen LogP contribution >= 0.6 is 0 Å². The zero-order valence-electron chi connectivity index (χ0n) is 12.7. The van der Waals surface area contributed by atoms with Gasteiger partial charge in [-0.2, -0.15) is 5.26 Å². The average Bonchev–Trinajstić information content (AvgIpc) is 2.90. The first-order valence-electron chi connectivity index (χ1n) is 8.39. The lowest BCUT2D eigenvalue weighted by Crippen LogP contribution is -2.51. The summed E-state index contributed by atoms with van der Waals surface area (Å²) in [6.45, 7) is 3.54. The third kappa shape index (κ3) is 3.38. The van der Waals surface area contributed by atoms with Gasteiger partial charge in [0, 0.05) is 19.1 Å². The second-order valence-corrected chi connectivity index (χ2v) is 6.96. The number of amides is 1. The molecule has 0 bridgehead atoms. The van der Waals surface area contributed by atoms with E-state index in [2.05, 4.69) is 21.6 Å². The highest BCUT2D eigenvalue weighted by molar-refractivity contribution is 5.79. The molecule has 0 aromatic heterocycles. The van der Waals surface area contributed by atoms with E-state index < -0.39 is 5.54 Å². The van der Waals surface area contributed by atoms with Crippen molar-refractivity contribution in [3.8, 4) is 6.07 Å². The van der Waals surface area contributed by atoms with Gasteiger partial charge in [0.1, 0.15) is 5.54 Å². The number of carbonyl (C=O) groups excluding carboxylic acids is 1. The number of fused-ring (bicyclic) bond motifs is 1. The highest BCUT2D eigenvalue weighted by atomic mass is 16.2. The molecule has 5 nitrogen and oxygen atoms in total. The maximum atomic E-state index is 12.3. The Labute approximate surface area is 127 Å². The topological polar surface area (TPSA) is 68.2 Å². The van der Waals surface area contributed by atoms with Gasteiger partial charge in [0.05, 0.1) is 12.6 Å². The predicted octanol–water partition coefficient (Wildman–Crippen LogP) is 1.01. The van der Waals surface area contributed by atoms with E-state index in [-0.39, 0.29) is 5.91 Å². The van der Waals surface area contributed by atoms with Crippen LogP contribution in [0.5, 0.6) is 0 Å². The first-order valence-corrected chi connectivity index (χ1v) is 8.39. The van der Waals surface area contributed by atoms with Gasteiger partial charge in [0.2, 0.25) is 5.91 Å². The summed E-state index contributed by atoms with van der Waals surface area (Å²) in [5.41, 5.74) is -0.597. The number of nitrogens with one attached hydrogen (secondary N) is 2. The van der Waals surface area contributed by atoms with Crippen LogP contribution in [0.4, 0.5) is 0 Å². The van der Waals surface area contributed by atoms with Crippen molar-refractivity contribution in [2.45, 2.75) is 56.5 Å². The summed E-state index contributed by atoms with van der Waals surface area (Å²) in [6.07, 6.45) is 7.42. The molecule has 2 saturated heterocycles. The smallest absolute Gasteiger partial charge is 0.235 e. The molecule has 1 saturated carbocycles. The van der Waals surface area contributed by atoms with Gasteiger partial charge in [-0.25, -0.2) is 0 Å². The highest BCUT2D eigenvalue weighted by Crippen LogP contribution is 2.28. The summed E-state index contributed by atoms with van der Waals surface area (Å²) in [5.74, 6) is 0.725. The zero-order valence-corrected chi connectivity index (χ0v) is 12.7. The Bertz CT molecular complexity index is 410. The quantitative estimate of drug-likeness (QED) is 0.814. The lowest BCUT2D eigenvalue weighted by Gasteiger charge is -2.32. The molecule has 0 aromatic rings. The van der Waals surface area contributed by atoms with Crippen molar-refractivity contribution >= 4 is 5.91 Å². The second-order valence-electron chi connectivity index (χ2n) is 6.96. The normalized spacial score (nSPS) is 32.1. The minimum Gasteiger partial charge on any atom is -0.337 e. The summed E-state index contributed by atoms with van der Waals surface area (Å²) in [7, 11) is 0. The zero-order chi connectivity index (χ0) is 14.7. The van der Waals surface area contributed by atoms with Gasteiger partial charge >= 0.3 is 0 Å². The van der Waals surface area contributed by atoms with Crippen LogP contribution in [0.25, 0.3) is 0 Å². The van der Waals surface area contributed by atoms with E-state index in [1.165, 1.54) is 19.3 Å². The molecule has 21 heavy (non-hydrogen) atoms. The van der Waals surface area contributed by atoms with Gasteiger partial charge in [0.15, 0.2) is 0 Å². The van der Waals surface area contributed by atoms with Crippen LogP contribution in [0.15, 0.2) is 0 Å². The van der Waals surface area contributed by atoms with E-state index in [1.807, 2.05) is 0 Å². The molecule has 0 unspecified atom stereocenters. The Morgan fingerprint density at radius 2 is 2.10 bits per heavy atom. The number of carbonyl (C=O) groups is 1. The van der Waals surface area contributed by atoms with E-state index in [1.54, 1.807) is 0 Å². The predicted molar refractivity (Wildman–Crippen MR) is 80.5 cm³/mol. The van der Waals surface area contributed by atoms with E-state index in [9.17, 15) is 10.1 Å². The molecule has 0 spiro atoms. The van der Waals surface area contributed by atoms with Crippen molar-refractivity contribution in [1.29, 1.82) is 5.26 Å². The summed E-state index contributed by atoms with van der Waals surface area (Å²) in [6, 6.07) is 2.92. The molecule has 0 radical (unpaired) electrons. The van der Waals surface area contributed by atoms with Crippen molar-refractivity contribution in [2.24, 2.45) is 5.92 Å². The molecule has 1 aliphatic carbocycles. The van der Waals surface area contributed by atoms with Crippen LogP contribution in [0.2, 0.25) is 0 Å². The highest BCUT2D eigenvalue weighted by Gasteiger charge is 2.37. The third-order valence-electron chi connectivity index (χ3n) is 5.34. The Hall–Kier alpha value is -1.12. The standard InChI is InChI=1S/C16H26N4O/c17-12-16(6-2-1-3-7-16)19-15(21)11-20-9-13-5-4-8-18-14(13)10-20/h13-14,18H,1-11H2,(H,19,21)/t13-,14+/m0/s1. The van der Waals surface area contributed by atoms with E-state index in [4.69, 9.17) is 0 Å². The number of likely N-dealkylation sites (tertiary alicyclic amines) is 1. The fourth-order valence-electron chi connectivity index (χ4n) is 4.19. The van der Waals surface area contributed by atoms with Gasteiger partial charge in [-0.15, -0.1) is 0 Å². The molecule has 2 aliphatic heterocycles. The molecule has 2 heterocycles. The Morgan fingerprint density at radius 3 is 2.81 bits per heavy atom. The lowest BCUT2D eigenvalue weighted by molar-refractivity contribution is -0.123. The van der Waals surface area contributed by atoms with Crippen LogP contribution in [0.1, 0.15) is 44.9 Å². The third-order valence-corrected chi connectivity index (χ3v) is 5.34. The summed E-state index contributed by atoms with van der Waals surface area (Å²) < 4.78 is 0. The van der Waals surface area contributed by atoms with Crippen LogP contribution in [-0.2, 0) is 4.79 Å². The number of nitrogens with zero attached hydrogens (tertiary/aromatic N) is 2. The van der Waals surface area contributed by atoms with Gasteiger partial charge in [-0.05, 0) is 38.1 Å². The Morgan fingerprint density at radius 1 is 1.29 bits per heavy atom. The number of piperidine rings is 1. The van der Waals surface area contributed by atoms with Crippen LogP contribution in [0, 0.1) is 17.2 Å². The van der Waals surface area contributed by atoms with Crippen molar-refractivity contribution in [2.75, 3.05) is 26.2 Å². The van der Waals surface area contributed by atoms with Crippen molar-refractivity contribution in [3.63, 3.8) is 0 Å². The number of rotatable bonds is 3. The molecule has 3 aliphatic rings. The first kappa shape index (κ1) is 14.8. The second kappa shape index (κ2) is 6.33. The molecular weight excluding hydrogens is 264 g/mol. The molecule has 3 fully saturated rings. The average molecular weight is 290 g/mol. The van der Waals surface area contributed by atoms with Crippen molar-refractivity contribution in [3.05, 3.63) is 0 Å². The fraction of sp³-hybridized carbons (Fsp3) is 0.875. The number of hydrogen-bond donors (Lipinski definition) is 2. The fourth-order valence-corrected chi connectivity index (χ4v) is 4.19. The molecule has 1 amide bonds. The minimum absolute atomic E-state index is 0.0251. The summed E-state index contributed by atoms with van der Waals surface area (Å²) >= 11 is 0. The molecule has 2 atom stereocenters. The maximum absolute atomic E-state index is 12.3. The summed E-state index contributed by atoms with van der Waals surface area (Å²) in [4.78, 5) is 14.6. The van der Waals surface area contributed by atoms with E-state index in [0.717, 1.165) is 45.3 Å². The summed E-state index contributed by atoms with van der Waals surface area (Å²) in [5, 5.41) is 16.0. The number of nitriles is 1. The van der Waals surface area contributed by atoms with Crippen molar-refractivity contribution in [1.82, 2.24) is 15.5 Å². The van der Waals surface area contributed by atoms with Crippen LogP contribution in [-0.4, -0.2) is 48.6 Å². The van der Waals surface area contributed by atoms with Gasteiger partial charge in [-0.1, -0.05) is 19.3 Å². The van der Waals surface area contributed by atoms with Gasteiger partial charge in [0.25, 0.3) is 0 Å². The monoisotopic (exact) mass is 290 g/mol. The van der Waals surface area contributed by atoms with Crippen LogP contribution in [0.3, 0.4) is 0 Å². The molecule has 3 rings (SSSR count). The minimum atomic E-state index is -0.597. The molecule has 0 aromatic carbocycles. The van der Waals surface area contributed by atoms with E-state index in [0.29, 0.717) is 18.5 Å². The molecular formula is C16H26N4O. The van der Waals surface area contributed by atoms with E-state index >= 15 is 0 Å². The maximum Gasteiger partial charge on any atom is 0.235 e. The SMILES string of the molecule is N#CC1(NC(=O)CN2C[C@@H]3CCCN[C@@H]3C2)CCCCC1. The van der Waals surface area contributed by atoms with Crippen molar-refractivity contribution < 1.29 is 4.79 Å². The Kier molecular flexibility index (Phi) is 4.46. The molecule has 2 N–H and O–H groups in total. The lowest BCUT2D eigenvalue weighted by atomic mass is 9.83. The van der Waals surface area contributed by atoms with Crippen LogP contribution < -0.4 is 10.6 Å². The number of hydrogen-bond acceptors (Lipinski definition) is 4. The van der Waals surface area contributed by atoms with Gasteiger partial charge in [-0.3, -0.25) is 9.69 Å². The first-order chi connectivity index (χ1) is 10.2. The molecule has 116 valence electrons. The Balaban J connectivity index is 1.51. The van der Waals surface area contributed by atoms with Gasteiger partial charge < -0.3 is 10.6 Å². The largest absolute Gasteiger partial charge is 0.337 e.